The van der Waals surface area contributed by atoms with Gasteiger partial charge in [-0.25, -0.2) is 13.4 Å². The van der Waals surface area contributed by atoms with Gasteiger partial charge in [0.2, 0.25) is 0 Å². The van der Waals surface area contributed by atoms with Crippen molar-refractivity contribution in [1.82, 2.24) is 10.3 Å². The van der Waals surface area contributed by atoms with Crippen LogP contribution in [0.15, 0.2) is 68.9 Å². The van der Waals surface area contributed by atoms with Gasteiger partial charge in [0.1, 0.15) is 9.24 Å². The topological polar surface area (TPSA) is 88.2 Å². The lowest BCUT2D eigenvalue weighted by atomic mass is 10.2. The van der Waals surface area contributed by atoms with Gasteiger partial charge < -0.3 is 5.32 Å². The number of rotatable bonds is 8. The summed E-state index contributed by atoms with van der Waals surface area (Å²) in [5.74, 6) is -0.139. The van der Waals surface area contributed by atoms with Crippen LogP contribution in [0.25, 0.3) is 0 Å². The summed E-state index contributed by atoms with van der Waals surface area (Å²) in [6.45, 7) is 2.62. The van der Waals surface area contributed by atoms with E-state index in [1.165, 1.54) is 17.8 Å². The maximum Gasteiger partial charge on any atom is 0.271 e. The molecule has 0 aliphatic carbocycles. The van der Waals surface area contributed by atoms with Crippen LogP contribution in [-0.2, 0) is 10.0 Å². The van der Waals surface area contributed by atoms with Crippen molar-refractivity contribution in [2.75, 3.05) is 11.3 Å². The van der Waals surface area contributed by atoms with Crippen molar-refractivity contribution in [2.45, 2.75) is 27.5 Å². The number of pyridine rings is 1. The van der Waals surface area contributed by atoms with E-state index in [-0.39, 0.29) is 10.1 Å². The van der Waals surface area contributed by atoms with E-state index in [1.54, 1.807) is 48.7 Å². The van der Waals surface area contributed by atoms with Crippen LogP contribution in [-0.4, -0.2) is 25.9 Å². The van der Waals surface area contributed by atoms with Crippen LogP contribution in [0, 0.1) is 0 Å². The van der Waals surface area contributed by atoms with Crippen molar-refractivity contribution in [3.05, 3.63) is 64.6 Å². The van der Waals surface area contributed by atoms with Gasteiger partial charge in [-0.1, -0.05) is 30.3 Å². The smallest absolute Gasteiger partial charge is 0.271 e. The molecule has 0 spiro atoms. The first-order valence-electron chi connectivity index (χ1n) is 8.68. The number of hydrogen-bond donors (Lipinski definition) is 2. The summed E-state index contributed by atoms with van der Waals surface area (Å²) in [7, 11) is -3.66. The predicted octanol–water partition coefficient (Wildman–Crippen LogP) is 4.89. The van der Waals surface area contributed by atoms with Gasteiger partial charge in [-0.05, 0) is 55.0 Å². The fourth-order valence-corrected chi connectivity index (χ4v) is 5.57. The van der Waals surface area contributed by atoms with Gasteiger partial charge in [0.25, 0.3) is 15.9 Å². The fraction of sp³-hybridized carbons (Fsp3) is 0.158. The Morgan fingerprint density at radius 3 is 2.48 bits per heavy atom. The molecule has 10 heteroatoms. The molecule has 0 saturated carbocycles. The van der Waals surface area contributed by atoms with E-state index in [9.17, 15) is 13.2 Å². The van der Waals surface area contributed by atoms with Crippen molar-refractivity contribution >= 4 is 56.3 Å². The lowest BCUT2D eigenvalue weighted by Crippen LogP contribution is -2.23. The largest absolute Gasteiger partial charge is 0.352 e. The zero-order valence-electron chi connectivity index (χ0n) is 15.4. The van der Waals surface area contributed by atoms with Gasteiger partial charge in [0, 0.05) is 23.3 Å². The van der Waals surface area contributed by atoms with E-state index in [4.69, 9.17) is 11.6 Å². The van der Waals surface area contributed by atoms with Crippen LogP contribution >= 0.6 is 34.7 Å². The monoisotopic (exact) mass is 467 g/mol. The number of amides is 1. The molecule has 0 unspecified atom stereocenters. The van der Waals surface area contributed by atoms with Gasteiger partial charge in [-0.3, -0.25) is 9.52 Å². The number of thiophene rings is 1. The molecule has 2 N–H and O–H groups in total. The zero-order chi connectivity index (χ0) is 20.9. The van der Waals surface area contributed by atoms with Gasteiger partial charge in [-0.2, -0.15) is 0 Å². The average Bonchev–Trinajstić information content (AvgIpc) is 3.15. The Morgan fingerprint density at radius 2 is 1.90 bits per heavy atom. The molecule has 2 aromatic heterocycles. The second-order valence-corrected chi connectivity index (χ2v) is 10.6. The molecule has 0 aliphatic rings. The number of hydrogen-bond acceptors (Lipinski definition) is 6. The van der Waals surface area contributed by atoms with Crippen molar-refractivity contribution < 1.29 is 13.2 Å². The Balaban J connectivity index is 1.62. The highest BCUT2D eigenvalue weighted by Crippen LogP contribution is 2.29. The third-order valence-corrected chi connectivity index (χ3v) is 7.74. The standard InChI is InChI=1S/C19H18ClN3O3S3/c1-2-11-21-19(24)13-3-9-17(22-12-13)27-15-6-4-14(5-7-15)23-29(25,26)18-10-8-16(20)28-18/h3-10,12,23H,2,11H2,1H3,(H,21,24). The highest BCUT2D eigenvalue weighted by molar-refractivity contribution is 7.99. The molecule has 2 heterocycles. The summed E-state index contributed by atoms with van der Waals surface area (Å²) >= 11 is 8.23. The number of carbonyl (C=O) groups is 1. The third-order valence-electron chi connectivity index (χ3n) is 3.68. The first-order valence-corrected chi connectivity index (χ1v) is 12.2. The summed E-state index contributed by atoms with van der Waals surface area (Å²) in [5.41, 5.74) is 0.969. The minimum atomic E-state index is -3.66. The fourth-order valence-electron chi connectivity index (χ4n) is 2.27. The first kappa shape index (κ1) is 21.6. The van der Waals surface area contributed by atoms with Crippen LogP contribution < -0.4 is 10.0 Å². The van der Waals surface area contributed by atoms with Crippen molar-refractivity contribution in [3.63, 3.8) is 0 Å². The minimum absolute atomic E-state index is 0.139. The number of carbonyl (C=O) groups excluding carboxylic acids is 1. The van der Waals surface area contributed by atoms with Crippen LogP contribution in [0.4, 0.5) is 5.69 Å². The molecule has 0 aliphatic heterocycles. The highest BCUT2D eigenvalue weighted by atomic mass is 35.5. The van der Waals surface area contributed by atoms with E-state index in [2.05, 4.69) is 15.0 Å². The molecular formula is C19H18ClN3O3S3. The second kappa shape index (κ2) is 9.62. The summed E-state index contributed by atoms with van der Waals surface area (Å²) in [6, 6.07) is 13.5. The Labute approximate surface area is 182 Å². The number of aromatic nitrogens is 1. The maximum atomic E-state index is 12.3. The Hall–Kier alpha value is -2.07. The van der Waals surface area contributed by atoms with Crippen molar-refractivity contribution in [3.8, 4) is 0 Å². The molecule has 3 rings (SSSR count). The number of nitrogens with zero attached hydrogens (tertiary/aromatic N) is 1. The molecule has 1 amide bonds. The molecule has 0 fully saturated rings. The van der Waals surface area contributed by atoms with E-state index < -0.39 is 10.0 Å². The quantitative estimate of drug-likeness (QED) is 0.492. The SMILES string of the molecule is CCCNC(=O)c1ccc(Sc2ccc(NS(=O)(=O)c3ccc(Cl)s3)cc2)nc1. The van der Waals surface area contributed by atoms with Crippen molar-refractivity contribution in [2.24, 2.45) is 0 Å². The molecule has 1 aromatic carbocycles. The van der Waals surface area contributed by atoms with E-state index >= 15 is 0 Å². The van der Waals surface area contributed by atoms with Crippen LogP contribution in [0.3, 0.4) is 0 Å². The molecule has 0 radical (unpaired) electrons. The molecule has 29 heavy (non-hydrogen) atoms. The Kier molecular flexibility index (Phi) is 7.18. The predicted molar refractivity (Wildman–Crippen MR) is 118 cm³/mol. The van der Waals surface area contributed by atoms with E-state index in [0.29, 0.717) is 22.1 Å². The zero-order valence-corrected chi connectivity index (χ0v) is 18.6. The van der Waals surface area contributed by atoms with Crippen LogP contribution in [0.5, 0.6) is 0 Å². The Bertz CT molecular complexity index is 1080. The highest BCUT2D eigenvalue weighted by Gasteiger charge is 2.16. The number of benzene rings is 1. The second-order valence-electron chi connectivity index (χ2n) is 5.93. The van der Waals surface area contributed by atoms with Crippen LogP contribution in [0.2, 0.25) is 4.34 Å². The lowest BCUT2D eigenvalue weighted by molar-refractivity contribution is 0.0953. The molecule has 6 nitrogen and oxygen atoms in total. The first-order chi connectivity index (χ1) is 13.9. The van der Waals surface area contributed by atoms with Crippen LogP contribution in [0.1, 0.15) is 23.7 Å². The number of anilines is 1. The number of halogens is 1. The van der Waals surface area contributed by atoms with Gasteiger partial charge in [0.05, 0.1) is 9.90 Å². The number of nitrogens with one attached hydrogen (secondary N) is 2. The Morgan fingerprint density at radius 1 is 1.14 bits per heavy atom. The van der Waals surface area contributed by atoms with Gasteiger partial charge in [0.15, 0.2) is 0 Å². The number of sulfonamides is 1. The van der Waals surface area contributed by atoms with Gasteiger partial charge in [-0.15, -0.1) is 11.3 Å². The summed E-state index contributed by atoms with van der Waals surface area (Å²) in [4.78, 5) is 17.1. The summed E-state index contributed by atoms with van der Waals surface area (Å²) in [5, 5.41) is 3.54. The molecule has 0 saturated heterocycles. The normalized spacial score (nSPS) is 11.2. The average molecular weight is 468 g/mol. The molecule has 0 bridgehead atoms. The molecule has 3 aromatic rings. The molecule has 0 atom stereocenters. The van der Waals surface area contributed by atoms with E-state index in [0.717, 1.165) is 27.7 Å². The lowest BCUT2D eigenvalue weighted by Gasteiger charge is -2.07. The molecule has 152 valence electrons. The van der Waals surface area contributed by atoms with Crippen molar-refractivity contribution in [1.29, 1.82) is 0 Å². The van der Waals surface area contributed by atoms with E-state index in [1.807, 2.05) is 6.92 Å². The van der Waals surface area contributed by atoms with Gasteiger partial charge >= 0.3 is 0 Å². The minimum Gasteiger partial charge on any atom is -0.352 e. The third kappa shape index (κ3) is 5.96. The maximum absolute atomic E-state index is 12.3. The summed E-state index contributed by atoms with van der Waals surface area (Å²) in [6.07, 6.45) is 2.42. The molecular weight excluding hydrogens is 450 g/mol. The summed E-state index contributed by atoms with van der Waals surface area (Å²) < 4.78 is 27.8.